The first-order chi connectivity index (χ1) is 8.20. The third-order valence-corrected chi connectivity index (χ3v) is 3.14. The van der Waals surface area contributed by atoms with Crippen LogP contribution >= 0.6 is 0 Å². The van der Waals surface area contributed by atoms with Crippen LogP contribution in [-0.2, 0) is 4.74 Å². The average Bonchev–Trinajstić information content (AvgIpc) is 2.33. The molecule has 0 saturated carbocycles. The van der Waals surface area contributed by atoms with Crippen LogP contribution in [0.2, 0.25) is 0 Å². The summed E-state index contributed by atoms with van der Waals surface area (Å²) in [7, 11) is 0. The molecular weight excluding hydrogens is 214 g/mol. The summed E-state index contributed by atoms with van der Waals surface area (Å²) in [4.78, 5) is 2.34. The Labute approximate surface area is 105 Å². The normalized spacial score (nSPS) is 19.7. The molecule has 1 rings (SSSR count). The third-order valence-electron chi connectivity index (χ3n) is 3.14. The lowest BCUT2D eigenvalue weighted by molar-refractivity contribution is 0.0166. The molecule has 0 spiro atoms. The van der Waals surface area contributed by atoms with E-state index in [9.17, 15) is 5.11 Å². The molecule has 0 amide bonds. The maximum Gasteiger partial charge on any atom is 0.127 e. The summed E-state index contributed by atoms with van der Waals surface area (Å²) in [5, 5.41) is 10.3. The average molecular weight is 239 g/mol. The zero-order chi connectivity index (χ0) is 12.6. The van der Waals surface area contributed by atoms with Gasteiger partial charge < -0.3 is 14.7 Å². The van der Waals surface area contributed by atoms with Crippen molar-refractivity contribution in [2.45, 2.75) is 45.1 Å². The molecule has 3 nitrogen and oxygen atoms in total. The Morgan fingerprint density at radius 2 is 2.00 bits per heavy atom. The van der Waals surface area contributed by atoms with E-state index < -0.39 is 5.60 Å². The van der Waals surface area contributed by atoms with Gasteiger partial charge in [-0.1, -0.05) is 12.8 Å². The Kier molecular flexibility index (Phi) is 6.57. The first-order valence-electron chi connectivity index (χ1n) is 6.72. The molecule has 98 valence electrons. The second-order valence-corrected chi connectivity index (χ2v) is 4.62. The van der Waals surface area contributed by atoms with Crippen molar-refractivity contribution in [3.8, 4) is 11.8 Å². The van der Waals surface area contributed by atoms with E-state index in [1.165, 1.54) is 0 Å². The number of rotatable bonds is 5. The zero-order valence-corrected chi connectivity index (χ0v) is 11.2. The summed E-state index contributed by atoms with van der Waals surface area (Å²) in [5.74, 6) is 6.10. The van der Waals surface area contributed by atoms with Crippen LogP contribution in [-0.4, -0.2) is 48.5 Å². The Bertz CT molecular complexity index is 259. The van der Waals surface area contributed by atoms with Gasteiger partial charge in [0, 0.05) is 45.5 Å². The van der Waals surface area contributed by atoms with Crippen LogP contribution in [0.4, 0.5) is 0 Å². The van der Waals surface area contributed by atoms with Crippen molar-refractivity contribution >= 4 is 0 Å². The molecule has 1 heterocycles. The Balaban J connectivity index is 2.27. The molecule has 0 unspecified atom stereocenters. The van der Waals surface area contributed by atoms with Gasteiger partial charge >= 0.3 is 0 Å². The maximum atomic E-state index is 10.3. The standard InChI is InChI=1S/C14H25NO2/c1-3-5-6-7-14(16)8-10-15(11-9-14)12-13-17-4-2/h16H,3-5,8-13H2,1-2H3. The fraction of sp³-hybridized carbons (Fsp3) is 0.857. The van der Waals surface area contributed by atoms with Crippen molar-refractivity contribution in [1.82, 2.24) is 4.90 Å². The number of likely N-dealkylation sites (tertiary alicyclic amines) is 1. The van der Waals surface area contributed by atoms with E-state index in [0.29, 0.717) is 0 Å². The molecule has 0 aliphatic carbocycles. The van der Waals surface area contributed by atoms with E-state index >= 15 is 0 Å². The van der Waals surface area contributed by atoms with Crippen molar-refractivity contribution in [3.63, 3.8) is 0 Å². The predicted molar refractivity (Wildman–Crippen MR) is 69.8 cm³/mol. The lowest BCUT2D eigenvalue weighted by Crippen LogP contribution is -2.44. The molecule has 1 fully saturated rings. The molecule has 1 saturated heterocycles. The summed E-state index contributed by atoms with van der Waals surface area (Å²) in [6.45, 7) is 8.49. The molecule has 0 radical (unpaired) electrons. The molecule has 1 aliphatic rings. The van der Waals surface area contributed by atoms with Crippen LogP contribution in [0.15, 0.2) is 0 Å². The molecule has 0 aromatic carbocycles. The minimum atomic E-state index is -0.739. The first-order valence-corrected chi connectivity index (χ1v) is 6.72. The molecule has 0 atom stereocenters. The van der Waals surface area contributed by atoms with E-state index in [2.05, 4.69) is 23.7 Å². The van der Waals surface area contributed by atoms with E-state index in [0.717, 1.165) is 58.5 Å². The fourth-order valence-electron chi connectivity index (χ4n) is 1.96. The van der Waals surface area contributed by atoms with Crippen LogP contribution < -0.4 is 0 Å². The van der Waals surface area contributed by atoms with E-state index in [1.54, 1.807) is 0 Å². The summed E-state index contributed by atoms with van der Waals surface area (Å²) in [6, 6.07) is 0. The van der Waals surface area contributed by atoms with Crippen LogP contribution in [0.1, 0.15) is 39.5 Å². The molecule has 1 N–H and O–H groups in total. The van der Waals surface area contributed by atoms with Gasteiger partial charge in [-0.05, 0) is 13.3 Å². The fourth-order valence-corrected chi connectivity index (χ4v) is 1.96. The molecule has 0 bridgehead atoms. The third kappa shape index (κ3) is 5.54. The molecular formula is C14H25NO2. The zero-order valence-electron chi connectivity index (χ0n) is 11.2. The number of hydrogen-bond donors (Lipinski definition) is 1. The monoisotopic (exact) mass is 239 g/mol. The second-order valence-electron chi connectivity index (χ2n) is 4.62. The number of hydrogen-bond acceptors (Lipinski definition) is 3. The van der Waals surface area contributed by atoms with Gasteiger partial charge in [0.25, 0.3) is 0 Å². The molecule has 0 aromatic rings. The highest BCUT2D eigenvalue weighted by Gasteiger charge is 2.29. The SMILES string of the molecule is CCCC#CC1(O)CCN(CCOCC)CC1. The summed E-state index contributed by atoms with van der Waals surface area (Å²) in [6.07, 6.45) is 3.46. The van der Waals surface area contributed by atoms with Crippen LogP contribution in [0.3, 0.4) is 0 Å². The van der Waals surface area contributed by atoms with Crippen molar-refractivity contribution in [1.29, 1.82) is 0 Å². The van der Waals surface area contributed by atoms with Gasteiger partial charge in [-0.3, -0.25) is 0 Å². The molecule has 17 heavy (non-hydrogen) atoms. The smallest absolute Gasteiger partial charge is 0.127 e. The number of ether oxygens (including phenoxy) is 1. The predicted octanol–water partition coefficient (Wildman–Crippen LogP) is 1.65. The van der Waals surface area contributed by atoms with Crippen molar-refractivity contribution in [3.05, 3.63) is 0 Å². The Morgan fingerprint density at radius 1 is 1.29 bits per heavy atom. The van der Waals surface area contributed by atoms with Gasteiger partial charge in [0.15, 0.2) is 0 Å². The Hall–Kier alpha value is -0.560. The number of aliphatic hydroxyl groups is 1. The second kappa shape index (κ2) is 7.71. The van der Waals surface area contributed by atoms with E-state index in [-0.39, 0.29) is 0 Å². The highest BCUT2D eigenvalue weighted by Crippen LogP contribution is 2.21. The molecule has 3 heteroatoms. The number of piperidine rings is 1. The van der Waals surface area contributed by atoms with Crippen molar-refractivity contribution in [2.75, 3.05) is 32.8 Å². The van der Waals surface area contributed by atoms with Crippen LogP contribution in [0.5, 0.6) is 0 Å². The van der Waals surface area contributed by atoms with Gasteiger partial charge in [0.1, 0.15) is 5.60 Å². The van der Waals surface area contributed by atoms with Gasteiger partial charge in [-0.25, -0.2) is 0 Å². The first kappa shape index (κ1) is 14.5. The van der Waals surface area contributed by atoms with Crippen LogP contribution in [0.25, 0.3) is 0 Å². The quantitative estimate of drug-likeness (QED) is 0.585. The van der Waals surface area contributed by atoms with E-state index in [1.807, 2.05) is 6.92 Å². The maximum absolute atomic E-state index is 10.3. The number of nitrogens with zero attached hydrogens (tertiary/aromatic N) is 1. The van der Waals surface area contributed by atoms with Crippen molar-refractivity contribution < 1.29 is 9.84 Å². The topological polar surface area (TPSA) is 32.7 Å². The van der Waals surface area contributed by atoms with Gasteiger partial charge in [0.2, 0.25) is 0 Å². The lowest BCUT2D eigenvalue weighted by Gasteiger charge is -2.34. The van der Waals surface area contributed by atoms with Crippen LogP contribution in [0, 0.1) is 11.8 Å². The summed E-state index contributed by atoms with van der Waals surface area (Å²) in [5.41, 5.74) is -0.739. The molecule has 0 aromatic heterocycles. The molecule has 1 aliphatic heterocycles. The highest BCUT2D eigenvalue weighted by atomic mass is 16.5. The largest absolute Gasteiger partial charge is 0.380 e. The van der Waals surface area contributed by atoms with Gasteiger partial charge in [-0.15, -0.1) is 5.92 Å². The summed E-state index contributed by atoms with van der Waals surface area (Å²) < 4.78 is 5.34. The van der Waals surface area contributed by atoms with Crippen molar-refractivity contribution in [2.24, 2.45) is 0 Å². The highest BCUT2D eigenvalue weighted by molar-refractivity contribution is 5.15. The number of unbranched alkanes of at least 4 members (excludes halogenated alkanes) is 1. The lowest BCUT2D eigenvalue weighted by atomic mass is 9.92. The summed E-state index contributed by atoms with van der Waals surface area (Å²) >= 11 is 0. The van der Waals surface area contributed by atoms with E-state index in [4.69, 9.17) is 4.74 Å². The minimum Gasteiger partial charge on any atom is -0.380 e. The van der Waals surface area contributed by atoms with Gasteiger partial charge in [-0.2, -0.15) is 0 Å². The Morgan fingerprint density at radius 3 is 2.59 bits per heavy atom. The minimum absolute atomic E-state index is 0.739. The van der Waals surface area contributed by atoms with Gasteiger partial charge in [0.05, 0.1) is 6.61 Å².